The monoisotopic (exact) mass is 325 g/mol. The minimum absolute atomic E-state index is 0.203. The fraction of sp³-hybridized carbons (Fsp3) is 0.263. The number of hydrogen-bond acceptors (Lipinski definition) is 4. The van der Waals surface area contributed by atoms with Crippen LogP contribution >= 0.6 is 11.3 Å². The molecule has 2 aromatic carbocycles. The Morgan fingerprint density at radius 1 is 1.04 bits per heavy atom. The Balaban J connectivity index is 1.87. The van der Waals surface area contributed by atoms with E-state index in [4.69, 9.17) is 9.47 Å². The van der Waals surface area contributed by atoms with Crippen LogP contribution in [0.4, 0.5) is 0 Å². The fourth-order valence-corrected chi connectivity index (χ4v) is 4.37. The van der Waals surface area contributed by atoms with Gasteiger partial charge in [-0.15, -0.1) is 11.3 Å². The molecule has 4 heteroatoms. The van der Waals surface area contributed by atoms with Crippen LogP contribution in [0.2, 0.25) is 0 Å². The summed E-state index contributed by atoms with van der Waals surface area (Å²) in [6.07, 6.45) is 1.01. The maximum Gasteiger partial charge on any atom is 0.161 e. The highest BCUT2D eigenvalue weighted by atomic mass is 32.1. The summed E-state index contributed by atoms with van der Waals surface area (Å²) in [5, 5.41) is 7.27. The van der Waals surface area contributed by atoms with Gasteiger partial charge in [-0.3, -0.25) is 0 Å². The van der Waals surface area contributed by atoms with Crippen molar-refractivity contribution in [1.82, 2.24) is 5.32 Å². The summed E-state index contributed by atoms with van der Waals surface area (Å²) in [7, 11) is 3.38. The quantitative estimate of drug-likeness (QED) is 0.784. The third-order valence-corrected chi connectivity index (χ3v) is 5.50. The second-order valence-corrected chi connectivity index (χ2v) is 6.64. The molecule has 0 saturated heterocycles. The van der Waals surface area contributed by atoms with Crippen LogP contribution < -0.4 is 14.8 Å². The molecular formula is C19H19NO2S. The Hall–Kier alpha value is -2.04. The number of rotatable bonds is 3. The molecule has 3 nitrogen and oxygen atoms in total. The largest absolute Gasteiger partial charge is 0.493 e. The lowest BCUT2D eigenvalue weighted by atomic mass is 9.89. The lowest BCUT2D eigenvalue weighted by Crippen LogP contribution is -2.30. The van der Waals surface area contributed by atoms with Gasteiger partial charge in [0.25, 0.3) is 0 Å². The van der Waals surface area contributed by atoms with Crippen molar-refractivity contribution in [2.45, 2.75) is 12.5 Å². The normalized spacial score (nSPS) is 17.0. The van der Waals surface area contributed by atoms with Gasteiger partial charge in [-0.1, -0.05) is 18.2 Å². The van der Waals surface area contributed by atoms with Gasteiger partial charge < -0.3 is 14.8 Å². The molecule has 0 spiro atoms. The van der Waals surface area contributed by atoms with Gasteiger partial charge >= 0.3 is 0 Å². The Labute approximate surface area is 139 Å². The highest BCUT2D eigenvalue weighted by molar-refractivity contribution is 7.17. The number of hydrogen-bond donors (Lipinski definition) is 1. The lowest BCUT2D eigenvalue weighted by Gasteiger charge is -2.28. The van der Waals surface area contributed by atoms with E-state index in [2.05, 4.69) is 47.1 Å². The SMILES string of the molecule is COc1cc2c(cc1OC)C(c1csc3ccccc13)NCC2. The first-order chi connectivity index (χ1) is 11.3. The third kappa shape index (κ3) is 2.38. The predicted octanol–water partition coefficient (Wildman–Crippen LogP) is 4.15. The molecule has 1 unspecified atom stereocenters. The molecule has 0 fully saturated rings. The first-order valence-electron chi connectivity index (χ1n) is 7.76. The molecule has 0 amide bonds. The highest BCUT2D eigenvalue weighted by Gasteiger charge is 2.25. The second-order valence-electron chi connectivity index (χ2n) is 5.73. The average Bonchev–Trinajstić information content (AvgIpc) is 3.03. The summed E-state index contributed by atoms with van der Waals surface area (Å²) >= 11 is 1.80. The van der Waals surface area contributed by atoms with E-state index in [1.54, 1.807) is 25.6 Å². The van der Waals surface area contributed by atoms with Crippen molar-refractivity contribution in [3.63, 3.8) is 0 Å². The molecule has 3 aromatic rings. The molecule has 4 rings (SSSR count). The molecule has 23 heavy (non-hydrogen) atoms. The van der Waals surface area contributed by atoms with Gasteiger partial charge in [0.1, 0.15) is 0 Å². The number of methoxy groups -OCH3 is 2. The summed E-state index contributed by atoms with van der Waals surface area (Å²) in [5.41, 5.74) is 3.97. The first kappa shape index (κ1) is 14.5. The van der Waals surface area contributed by atoms with Gasteiger partial charge in [0.05, 0.1) is 20.3 Å². The maximum atomic E-state index is 5.51. The summed E-state index contributed by atoms with van der Waals surface area (Å²) in [4.78, 5) is 0. The molecule has 1 atom stereocenters. The second kappa shape index (κ2) is 5.87. The van der Waals surface area contributed by atoms with Crippen molar-refractivity contribution in [2.24, 2.45) is 0 Å². The molecular weight excluding hydrogens is 306 g/mol. The molecule has 2 heterocycles. The van der Waals surface area contributed by atoms with Crippen LogP contribution in [0, 0.1) is 0 Å². The topological polar surface area (TPSA) is 30.5 Å². The predicted molar refractivity (Wildman–Crippen MR) is 94.9 cm³/mol. The molecule has 1 N–H and O–H groups in total. The number of nitrogens with one attached hydrogen (secondary N) is 1. The Kier molecular flexibility index (Phi) is 3.71. The van der Waals surface area contributed by atoms with Crippen LogP contribution in [0.15, 0.2) is 41.8 Å². The summed E-state index contributed by atoms with van der Waals surface area (Å²) < 4.78 is 12.3. The number of thiophene rings is 1. The summed E-state index contributed by atoms with van der Waals surface area (Å²) in [6.45, 7) is 0.970. The minimum Gasteiger partial charge on any atom is -0.493 e. The molecule has 1 aliphatic heterocycles. The van der Waals surface area contributed by atoms with Crippen molar-refractivity contribution in [3.05, 3.63) is 58.5 Å². The number of fused-ring (bicyclic) bond motifs is 2. The minimum atomic E-state index is 0.203. The maximum absolute atomic E-state index is 5.51. The van der Waals surface area contributed by atoms with Crippen molar-refractivity contribution in [3.8, 4) is 11.5 Å². The summed E-state index contributed by atoms with van der Waals surface area (Å²) in [6, 6.07) is 13.0. The van der Waals surface area contributed by atoms with E-state index >= 15 is 0 Å². The van der Waals surface area contributed by atoms with E-state index in [0.29, 0.717) is 0 Å². The zero-order chi connectivity index (χ0) is 15.8. The molecule has 1 aromatic heterocycles. The first-order valence-corrected chi connectivity index (χ1v) is 8.64. The van der Waals surface area contributed by atoms with Crippen LogP contribution in [-0.2, 0) is 6.42 Å². The van der Waals surface area contributed by atoms with Gasteiger partial charge in [0.2, 0.25) is 0 Å². The molecule has 0 aliphatic carbocycles. The van der Waals surface area contributed by atoms with Crippen LogP contribution in [0.3, 0.4) is 0 Å². The third-order valence-electron chi connectivity index (χ3n) is 4.52. The molecule has 0 radical (unpaired) electrons. The molecule has 1 aliphatic rings. The van der Waals surface area contributed by atoms with Crippen molar-refractivity contribution < 1.29 is 9.47 Å². The molecule has 118 valence electrons. The Morgan fingerprint density at radius 3 is 2.65 bits per heavy atom. The van der Waals surface area contributed by atoms with Crippen molar-refractivity contribution in [2.75, 3.05) is 20.8 Å². The van der Waals surface area contributed by atoms with Crippen LogP contribution in [0.1, 0.15) is 22.7 Å². The van der Waals surface area contributed by atoms with E-state index in [0.717, 1.165) is 24.5 Å². The van der Waals surface area contributed by atoms with Gasteiger partial charge in [0, 0.05) is 11.2 Å². The van der Waals surface area contributed by atoms with E-state index in [1.807, 2.05) is 0 Å². The Morgan fingerprint density at radius 2 is 1.83 bits per heavy atom. The molecule has 0 bridgehead atoms. The van der Waals surface area contributed by atoms with E-state index in [-0.39, 0.29) is 6.04 Å². The van der Waals surface area contributed by atoms with Gasteiger partial charge in [-0.2, -0.15) is 0 Å². The van der Waals surface area contributed by atoms with E-state index in [1.165, 1.54) is 26.8 Å². The number of benzene rings is 2. The van der Waals surface area contributed by atoms with E-state index in [9.17, 15) is 0 Å². The van der Waals surface area contributed by atoms with Crippen molar-refractivity contribution in [1.29, 1.82) is 0 Å². The zero-order valence-corrected chi connectivity index (χ0v) is 14.1. The molecule has 0 saturated carbocycles. The van der Waals surface area contributed by atoms with Gasteiger partial charge in [0.15, 0.2) is 11.5 Å². The van der Waals surface area contributed by atoms with Gasteiger partial charge in [-0.25, -0.2) is 0 Å². The van der Waals surface area contributed by atoms with E-state index < -0.39 is 0 Å². The van der Waals surface area contributed by atoms with Crippen molar-refractivity contribution >= 4 is 21.4 Å². The van der Waals surface area contributed by atoms with Crippen LogP contribution in [-0.4, -0.2) is 20.8 Å². The van der Waals surface area contributed by atoms with Gasteiger partial charge in [-0.05, 0) is 52.1 Å². The summed E-state index contributed by atoms with van der Waals surface area (Å²) in [5.74, 6) is 1.60. The highest BCUT2D eigenvalue weighted by Crippen LogP contribution is 2.40. The van der Waals surface area contributed by atoms with Crippen LogP contribution in [0.25, 0.3) is 10.1 Å². The lowest BCUT2D eigenvalue weighted by molar-refractivity contribution is 0.353. The zero-order valence-electron chi connectivity index (χ0n) is 13.3. The standard InChI is InChI=1S/C19H19NO2S/c1-21-16-9-12-7-8-20-19(14(12)10-17(16)22-2)15-11-23-18-6-4-3-5-13(15)18/h3-6,9-11,19-20H,7-8H2,1-2H3. The Bertz CT molecular complexity index is 856. The van der Waals surface area contributed by atoms with Crippen LogP contribution in [0.5, 0.6) is 11.5 Å². The smallest absolute Gasteiger partial charge is 0.161 e. The number of ether oxygens (including phenoxy) is 2. The fourth-order valence-electron chi connectivity index (χ4n) is 3.38. The average molecular weight is 325 g/mol.